The SMILES string of the molecule is COC(=O)c1cccc(NS(=O)(=O)c2cc3c(cc2OC)CCCC3)c1C. The van der Waals surface area contributed by atoms with Crippen molar-refractivity contribution in [1.29, 1.82) is 0 Å². The molecule has 0 heterocycles. The van der Waals surface area contributed by atoms with Crippen molar-refractivity contribution in [3.63, 3.8) is 0 Å². The Labute approximate surface area is 159 Å². The fraction of sp³-hybridized carbons (Fsp3) is 0.350. The van der Waals surface area contributed by atoms with Crippen LogP contribution in [0.1, 0.15) is 39.9 Å². The molecule has 0 aromatic heterocycles. The molecule has 0 atom stereocenters. The Hall–Kier alpha value is -2.54. The first-order valence-electron chi connectivity index (χ1n) is 8.78. The number of rotatable bonds is 5. The molecule has 2 aromatic carbocycles. The Kier molecular flexibility index (Phi) is 5.41. The zero-order chi connectivity index (χ0) is 19.6. The summed E-state index contributed by atoms with van der Waals surface area (Å²) >= 11 is 0. The molecule has 0 aliphatic heterocycles. The van der Waals surface area contributed by atoms with Gasteiger partial charge in [-0.2, -0.15) is 0 Å². The third-order valence-corrected chi connectivity index (χ3v) is 6.29. The van der Waals surface area contributed by atoms with Gasteiger partial charge in [0.25, 0.3) is 10.0 Å². The first-order chi connectivity index (χ1) is 12.9. The van der Waals surface area contributed by atoms with Crippen LogP contribution in [0.3, 0.4) is 0 Å². The standard InChI is InChI=1S/C20H23NO5S/c1-13-16(20(22)26-3)9-6-10-17(13)21-27(23,24)19-12-15-8-5-4-7-14(15)11-18(19)25-2/h6,9-12,21H,4-5,7-8H2,1-3H3. The predicted octanol–water partition coefficient (Wildman–Crippen LogP) is 3.47. The summed E-state index contributed by atoms with van der Waals surface area (Å²) in [7, 11) is -1.14. The molecular weight excluding hydrogens is 366 g/mol. The van der Waals surface area contributed by atoms with E-state index in [1.54, 1.807) is 31.2 Å². The van der Waals surface area contributed by atoms with Gasteiger partial charge in [-0.05, 0) is 73.6 Å². The summed E-state index contributed by atoms with van der Waals surface area (Å²) in [6.45, 7) is 1.67. The van der Waals surface area contributed by atoms with E-state index in [1.807, 2.05) is 6.07 Å². The lowest BCUT2D eigenvalue weighted by Crippen LogP contribution is -2.17. The van der Waals surface area contributed by atoms with Gasteiger partial charge in [-0.1, -0.05) is 6.07 Å². The van der Waals surface area contributed by atoms with Crippen LogP contribution in [0.25, 0.3) is 0 Å². The molecule has 1 N–H and O–H groups in total. The molecule has 0 amide bonds. The summed E-state index contributed by atoms with van der Waals surface area (Å²) in [5.41, 5.74) is 3.33. The van der Waals surface area contributed by atoms with E-state index in [-0.39, 0.29) is 4.90 Å². The molecule has 1 aliphatic rings. The van der Waals surface area contributed by atoms with Crippen LogP contribution < -0.4 is 9.46 Å². The normalized spacial score (nSPS) is 13.6. The minimum Gasteiger partial charge on any atom is -0.495 e. The average molecular weight is 389 g/mol. The topological polar surface area (TPSA) is 81.7 Å². The number of fused-ring (bicyclic) bond motifs is 1. The summed E-state index contributed by atoms with van der Waals surface area (Å²) in [6, 6.07) is 8.35. The number of aryl methyl sites for hydroxylation is 2. The summed E-state index contributed by atoms with van der Waals surface area (Å²) in [4.78, 5) is 12.0. The number of carbonyl (C=O) groups excluding carboxylic acids is 1. The highest BCUT2D eigenvalue weighted by atomic mass is 32.2. The smallest absolute Gasteiger partial charge is 0.338 e. The van der Waals surface area contributed by atoms with Crippen LogP contribution in [0.4, 0.5) is 5.69 Å². The minimum absolute atomic E-state index is 0.105. The maximum absolute atomic E-state index is 13.1. The first-order valence-corrected chi connectivity index (χ1v) is 10.3. The minimum atomic E-state index is -3.89. The van der Waals surface area contributed by atoms with Crippen LogP contribution in [0.2, 0.25) is 0 Å². The predicted molar refractivity (Wildman–Crippen MR) is 103 cm³/mol. The molecule has 0 fully saturated rings. The lowest BCUT2D eigenvalue weighted by molar-refractivity contribution is 0.0600. The van der Waals surface area contributed by atoms with E-state index in [2.05, 4.69) is 4.72 Å². The fourth-order valence-electron chi connectivity index (χ4n) is 3.39. The Morgan fingerprint density at radius 2 is 1.74 bits per heavy atom. The summed E-state index contributed by atoms with van der Waals surface area (Å²) in [6.07, 6.45) is 3.94. The highest BCUT2D eigenvalue weighted by Gasteiger charge is 2.24. The number of hydrogen-bond acceptors (Lipinski definition) is 5. The van der Waals surface area contributed by atoms with E-state index < -0.39 is 16.0 Å². The van der Waals surface area contributed by atoms with Crippen LogP contribution in [-0.2, 0) is 27.6 Å². The maximum atomic E-state index is 13.1. The van der Waals surface area contributed by atoms with Crippen LogP contribution >= 0.6 is 0 Å². The zero-order valence-electron chi connectivity index (χ0n) is 15.7. The van der Waals surface area contributed by atoms with Crippen LogP contribution in [-0.4, -0.2) is 28.6 Å². The van der Waals surface area contributed by atoms with E-state index in [0.717, 1.165) is 36.8 Å². The Morgan fingerprint density at radius 3 is 2.37 bits per heavy atom. The molecule has 7 heteroatoms. The van der Waals surface area contributed by atoms with Gasteiger partial charge in [-0.15, -0.1) is 0 Å². The quantitative estimate of drug-likeness (QED) is 0.792. The second-order valence-corrected chi connectivity index (χ2v) is 8.20. The largest absolute Gasteiger partial charge is 0.495 e. The summed E-state index contributed by atoms with van der Waals surface area (Å²) in [5.74, 6) is -0.190. The van der Waals surface area contributed by atoms with Gasteiger partial charge in [0.05, 0.1) is 25.5 Å². The van der Waals surface area contributed by atoms with Crippen molar-refractivity contribution < 1.29 is 22.7 Å². The van der Waals surface area contributed by atoms with Crippen molar-refractivity contribution in [1.82, 2.24) is 0 Å². The van der Waals surface area contributed by atoms with Crippen molar-refractivity contribution in [2.24, 2.45) is 0 Å². The van der Waals surface area contributed by atoms with Gasteiger partial charge in [0.2, 0.25) is 0 Å². The molecule has 0 saturated heterocycles. The molecule has 2 aromatic rings. The van der Waals surface area contributed by atoms with Crippen molar-refractivity contribution in [3.05, 3.63) is 52.6 Å². The second-order valence-electron chi connectivity index (χ2n) is 6.55. The third-order valence-electron chi connectivity index (χ3n) is 4.90. The number of anilines is 1. The fourth-order valence-corrected chi connectivity index (χ4v) is 4.71. The number of ether oxygens (including phenoxy) is 2. The Morgan fingerprint density at radius 1 is 1.07 bits per heavy atom. The number of nitrogens with one attached hydrogen (secondary N) is 1. The molecule has 0 bridgehead atoms. The third kappa shape index (κ3) is 3.78. The van der Waals surface area contributed by atoms with Gasteiger partial charge >= 0.3 is 5.97 Å². The summed E-state index contributed by atoms with van der Waals surface area (Å²) < 4.78 is 38.8. The number of hydrogen-bond donors (Lipinski definition) is 1. The molecule has 0 radical (unpaired) electrons. The lowest BCUT2D eigenvalue weighted by Gasteiger charge is -2.20. The van der Waals surface area contributed by atoms with E-state index >= 15 is 0 Å². The molecule has 0 saturated carbocycles. The first kappa shape index (κ1) is 19.2. The van der Waals surface area contributed by atoms with E-state index in [1.165, 1.54) is 14.2 Å². The number of sulfonamides is 1. The lowest BCUT2D eigenvalue weighted by atomic mass is 9.92. The summed E-state index contributed by atoms with van der Waals surface area (Å²) in [5, 5.41) is 0. The Bertz CT molecular complexity index is 982. The molecule has 144 valence electrons. The average Bonchev–Trinajstić information content (AvgIpc) is 2.67. The Balaban J connectivity index is 2.02. The van der Waals surface area contributed by atoms with Crippen molar-refractivity contribution in [2.45, 2.75) is 37.5 Å². The monoisotopic (exact) mass is 389 g/mol. The molecular formula is C20H23NO5S. The van der Waals surface area contributed by atoms with Gasteiger partial charge in [0, 0.05) is 0 Å². The highest BCUT2D eigenvalue weighted by molar-refractivity contribution is 7.92. The van der Waals surface area contributed by atoms with Crippen molar-refractivity contribution >= 4 is 21.7 Å². The molecule has 1 aliphatic carbocycles. The van der Waals surface area contributed by atoms with Crippen LogP contribution in [0.15, 0.2) is 35.2 Å². The highest BCUT2D eigenvalue weighted by Crippen LogP contribution is 2.33. The van der Waals surface area contributed by atoms with E-state index in [4.69, 9.17) is 9.47 Å². The van der Waals surface area contributed by atoms with E-state index in [0.29, 0.717) is 22.6 Å². The number of methoxy groups -OCH3 is 2. The molecule has 27 heavy (non-hydrogen) atoms. The molecule has 6 nitrogen and oxygen atoms in total. The van der Waals surface area contributed by atoms with Crippen LogP contribution in [0, 0.1) is 6.92 Å². The van der Waals surface area contributed by atoms with Crippen molar-refractivity contribution in [2.75, 3.05) is 18.9 Å². The molecule has 3 rings (SSSR count). The van der Waals surface area contributed by atoms with E-state index in [9.17, 15) is 13.2 Å². The molecule has 0 unspecified atom stereocenters. The number of benzene rings is 2. The second kappa shape index (κ2) is 7.60. The van der Waals surface area contributed by atoms with Gasteiger partial charge < -0.3 is 9.47 Å². The van der Waals surface area contributed by atoms with Gasteiger partial charge in [-0.3, -0.25) is 4.72 Å². The number of carbonyl (C=O) groups is 1. The van der Waals surface area contributed by atoms with Crippen molar-refractivity contribution in [3.8, 4) is 5.75 Å². The number of esters is 1. The maximum Gasteiger partial charge on any atom is 0.338 e. The van der Waals surface area contributed by atoms with Gasteiger partial charge in [0.15, 0.2) is 0 Å². The van der Waals surface area contributed by atoms with Crippen LogP contribution in [0.5, 0.6) is 5.75 Å². The zero-order valence-corrected chi connectivity index (χ0v) is 16.5. The van der Waals surface area contributed by atoms with Gasteiger partial charge in [-0.25, -0.2) is 13.2 Å². The van der Waals surface area contributed by atoms with Gasteiger partial charge in [0.1, 0.15) is 10.6 Å². The molecule has 0 spiro atoms.